The topological polar surface area (TPSA) is 78.4 Å². The first-order chi connectivity index (χ1) is 8.65. The van der Waals surface area contributed by atoms with E-state index >= 15 is 0 Å². The second kappa shape index (κ2) is 7.37. The summed E-state index contributed by atoms with van der Waals surface area (Å²) >= 11 is 0. The summed E-state index contributed by atoms with van der Waals surface area (Å²) in [6.07, 6.45) is 4.78. The fourth-order valence-electron chi connectivity index (χ4n) is 1.30. The molecule has 0 N–H and O–H groups in total. The molecule has 1 aromatic heterocycles. The van der Waals surface area contributed by atoms with E-state index in [1.807, 2.05) is 0 Å². The van der Waals surface area contributed by atoms with E-state index in [4.69, 9.17) is 0 Å². The van der Waals surface area contributed by atoms with E-state index in [0.717, 1.165) is 11.4 Å². The second-order valence-electron chi connectivity index (χ2n) is 3.65. The molecule has 0 amide bonds. The molecule has 0 fully saturated rings. The average Bonchev–Trinajstić information content (AvgIpc) is 2.43. The van der Waals surface area contributed by atoms with Gasteiger partial charge in [-0.25, -0.2) is 0 Å². The van der Waals surface area contributed by atoms with Crippen molar-refractivity contribution in [2.24, 2.45) is 0 Å². The van der Waals surface area contributed by atoms with E-state index in [2.05, 4.69) is 19.4 Å². The second-order valence-corrected chi connectivity index (χ2v) is 3.65. The molecular formula is C12H16N2O4. The molecule has 0 aliphatic heterocycles. The van der Waals surface area contributed by atoms with Crippen molar-refractivity contribution in [2.75, 3.05) is 14.2 Å². The summed E-state index contributed by atoms with van der Waals surface area (Å²) in [6.45, 7) is 0. The zero-order chi connectivity index (χ0) is 13.4. The van der Waals surface area contributed by atoms with Gasteiger partial charge in [0.25, 0.3) is 0 Å². The monoisotopic (exact) mass is 252 g/mol. The number of aryl methyl sites for hydroxylation is 2. The molecule has 0 saturated carbocycles. The first-order valence-electron chi connectivity index (χ1n) is 5.59. The van der Waals surface area contributed by atoms with E-state index < -0.39 is 0 Å². The average molecular weight is 252 g/mol. The summed E-state index contributed by atoms with van der Waals surface area (Å²) in [4.78, 5) is 30.2. The van der Waals surface area contributed by atoms with Gasteiger partial charge < -0.3 is 9.47 Å². The predicted octanol–water partition coefficient (Wildman–Crippen LogP) is 0.688. The van der Waals surface area contributed by atoms with Crippen molar-refractivity contribution in [3.05, 3.63) is 23.8 Å². The third-order valence-electron chi connectivity index (χ3n) is 2.38. The molecule has 0 atom stereocenters. The molecule has 0 spiro atoms. The zero-order valence-corrected chi connectivity index (χ0v) is 10.5. The maximum absolute atomic E-state index is 10.9. The Balaban J connectivity index is 2.42. The fraction of sp³-hybridized carbons (Fsp3) is 0.500. The Hall–Kier alpha value is -1.98. The van der Waals surface area contributed by atoms with Gasteiger partial charge in [0.05, 0.1) is 38.4 Å². The number of hydrogen-bond donors (Lipinski definition) is 0. The molecule has 6 nitrogen and oxygen atoms in total. The summed E-state index contributed by atoms with van der Waals surface area (Å²) in [5.74, 6) is -0.543. The molecule has 0 unspecified atom stereocenters. The van der Waals surface area contributed by atoms with E-state index in [9.17, 15) is 9.59 Å². The molecule has 0 aliphatic carbocycles. The SMILES string of the molecule is COC(=O)CCc1cnc(CCC(=O)OC)cn1. The quantitative estimate of drug-likeness (QED) is 0.693. The zero-order valence-electron chi connectivity index (χ0n) is 10.5. The van der Waals surface area contributed by atoms with Crippen LogP contribution >= 0.6 is 0 Å². The highest BCUT2D eigenvalue weighted by Gasteiger charge is 2.05. The molecule has 0 radical (unpaired) electrons. The molecule has 18 heavy (non-hydrogen) atoms. The smallest absolute Gasteiger partial charge is 0.305 e. The maximum atomic E-state index is 10.9. The number of esters is 2. The summed E-state index contributed by atoms with van der Waals surface area (Å²) in [7, 11) is 2.70. The van der Waals surface area contributed by atoms with E-state index in [1.165, 1.54) is 14.2 Å². The third kappa shape index (κ3) is 4.90. The summed E-state index contributed by atoms with van der Waals surface area (Å²) in [5, 5.41) is 0. The van der Waals surface area contributed by atoms with Crippen LogP contribution in [-0.2, 0) is 31.9 Å². The fourth-order valence-corrected chi connectivity index (χ4v) is 1.30. The van der Waals surface area contributed by atoms with Gasteiger partial charge in [-0.15, -0.1) is 0 Å². The van der Waals surface area contributed by atoms with E-state index in [0.29, 0.717) is 12.8 Å². The van der Waals surface area contributed by atoms with Crippen LogP contribution in [0.3, 0.4) is 0 Å². The minimum Gasteiger partial charge on any atom is -0.469 e. The number of hydrogen-bond acceptors (Lipinski definition) is 6. The van der Waals surface area contributed by atoms with Gasteiger partial charge in [-0.2, -0.15) is 0 Å². The Morgan fingerprint density at radius 1 is 0.944 bits per heavy atom. The highest BCUT2D eigenvalue weighted by Crippen LogP contribution is 2.03. The summed E-state index contributed by atoms with van der Waals surface area (Å²) in [5.41, 5.74) is 1.45. The Kier molecular flexibility index (Phi) is 5.76. The largest absolute Gasteiger partial charge is 0.469 e. The highest BCUT2D eigenvalue weighted by molar-refractivity contribution is 5.69. The van der Waals surface area contributed by atoms with Crippen LogP contribution in [0.15, 0.2) is 12.4 Å². The number of rotatable bonds is 6. The van der Waals surface area contributed by atoms with Crippen LogP contribution < -0.4 is 0 Å². The molecule has 1 aromatic rings. The number of carbonyl (C=O) groups is 2. The van der Waals surface area contributed by atoms with Crippen molar-refractivity contribution < 1.29 is 19.1 Å². The van der Waals surface area contributed by atoms with Crippen LogP contribution in [0, 0.1) is 0 Å². The van der Waals surface area contributed by atoms with Gasteiger partial charge in [0.15, 0.2) is 0 Å². The van der Waals surface area contributed by atoms with Gasteiger partial charge in [0.2, 0.25) is 0 Å². The van der Waals surface area contributed by atoms with Gasteiger partial charge in [-0.05, 0) is 0 Å². The van der Waals surface area contributed by atoms with E-state index in [-0.39, 0.29) is 24.8 Å². The minimum absolute atomic E-state index is 0.272. The van der Waals surface area contributed by atoms with Crippen molar-refractivity contribution in [2.45, 2.75) is 25.7 Å². The Bertz CT molecular complexity index is 364. The van der Waals surface area contributed by atoms with Crippen molar-refractivity contribution in [3.8, 4) is 0 Å². The lowest BCUT2D eigenvalue weighted by molar-refractivity contribution is -0.141. The lowest BCUT2D eigenvalue weighted by Crippen LogP contribution is -2.05. The lowest BCUT2D eigenvalue weighted by atomic mass is 10.2. The van der Waals surface area contributed by atoms with Crippen LogP contribution in [-0.4, -0.2) is 36.1 Å². The van der Waals surface area contributed by atoms with Crippen molar-refractivity contribution in [1.29, 1.82) is 0 Å². The standard InChI is InChI=1S/C12H16N2O4/c1-17-11(15)5-3-9-7-14-10(8-13-9)4-6-12(16)18-2/h7-8H,3-6H2,1-2H3. The molecular weight excluding hydrogens is 236 g/mol. The molecule has 6 heteroatoms. The molecule has 0 aromatic carbocycles. The summed E-state index contributed by atoms with van der Waals surface area (Å²) < 4.78 is 9.07. The normalized spacial score (nSPS) is 9.89. The highest BCUT2D eigenvalue weighted by atomic mass is 16.5. The number of ether oxygens (including phenoxy) is 2. The van der Waals surface area contributed by atoms with Crippen LogP contribution in [0.25, 0.3) is 0 Å². The van der Waals surface area contributed by atoms with Crippen LogP contribution in [0.1, 0.15) is 24.2 Å². The molecule has 1 rings (SSSR count). The lowest BCUT2D eigenvalue weighted by Gasteiger charge is -2.02. The van der Waals surface area contributed by atoms with Crippen LogP contribution in [0.2, 0.25) is 0 Å². The maximum Gasteiger partial charge on any atom is 0.305 e. The molecule has 98 valence electrons. The van der Waals surface area contributed by atoms with Gasteiger partial charge in [-0.1, -0.05) is 0 Å². The molecule has 0 saturated heterocycles. The molecule has 1 heterocycles. The number of nitrogens with zero attached hydrogens (tertiary/aromatic N) is 2. The molecule has 0 aliphatic rings. The number of aromatic nitrogens is 2. The van der Waals surface area contributed by atoms with Gasteiger partial charge in [0.1, 0.15) is 0 Å². The Labute approximate surface area is 105 Å². The van der Waals surface area contributed by atoms with E-state index in [1.54, 1.807) is 12.4 Å². The third-order valence-corrected chi connectivity index (χ3v) is 2.38. The Morgan fingerprint density at radius 2 is 1.33 bits per heavy atom. The van der Waals surface area contributed by atoms with Crippen LogP contribution in [0.5, 0.6) is 0 Å². The van der Waals surface area contributed by atoms with Crippen molar-refractivity contribution >= 4 is 11.9 Å². The first kappa shape index (κ1) is 14.1. The minimum atomic E-state index is -0.272. The first-order valence-corrected chi connectivity index (χ1v) is 5.59. The van der Waals surface area contributed by atoms with Crippen molar-refractivity contribution in [1.82, 2.24) is 9.97 Å². The number of carbonyl (C=O) groups excluding carboxylic acids is 2. The van der Waals surface area contributed by atoms with Crippen LogP contribution in [0.4, 0.5) is 0 Å². The number of methoxy groups -OCH3 is 2. The van der Waals surface area contributed by atoms with Crippen molar-refractivity contribution in [3.63, 3.8) is 0 Å². The predicted molar refractivity (Wildman–Crippen MR) is 62.7 cm³/mol. The van der Waals surface area contributed by atoms with Gasteiger partial charge in [-0.3, -0.25) is 19.6 Å². The molecule has 0 bridgehead atoms. The van der Waals surface area contributed by atoms with Gasteiger partial charge >= 0.3 is 11.9 Å². The van der Waals surface area contributed by atoms with Gasteiger partial charge in [0, 0.05) is 25.2 Å². The summed E-state index contributed by atoms with van der Waals surface area (Å²) in [6, 6.07) is 0. The Morgan fingerprint density at radius 3 is 1.61 bits per heavy atom.